The van der Waals surface area contributed by atoms with Crippen LogP contribution in [0.1, 0.15) is 38.7 Å². The lowest BCUT2D eigenvalue weighted by Crippen LogP contribution is -2.29. The van der Waals surface area contributed by atoms with Gasteiger partial charge in [-0.05, 0) is 54.6 Å². The van der Waals surface area contributed by atoms with Gasteiger partial charge in [-0.25, -0.2) is 0 Å². The van der Waals surface area contributed by atoms with Crippen molar-refractivity contribution >= 4 is 21.4 Å². The topological polar surface area (TPSA) is 12.0 Å². The molecule has 0 fully saturated rings. The zero-order chi connectivity index (χ0) is 12.8. The Kier molecular flexibility index (Phi) is 5.21. The van der Waals surface area contributed by atoms with Gasteiger partial charge < -0.3 is 5.32 Å². The highest BCUT2D eigenvalue weighted by Gasteiger charge is 2.08. The van der Waals surface area contributed by atoms with Crippen molar-refractivity contribution in [2.24, 2.45) is 0 Å². The summed E-state index contributed by atoms with van der Waals surface area (Å²) in [7, 11) is 0. The van der Waals surface area contributed by atoms with E-state index in [1.165, 1.54) is 41.3 Å². The Balaban J connectivity index is 1.96. The summed E-state index contributed by atoms with van der Waals surface area (Å²) < 4.78 is 1.42. The molecule has 18 heavy (non-hydrogen) atoms. The van der Waals surface area contributed by atoms with Gasteiger partial charge in [0.2, 0.25) is 0 Å². The van der Waals surface area contributed by atoms with Gasteiger partial charge in [-0.1, -0.05) is 32.0 Å². The fourth-order valence-corrected chi connectivity index (χ4v) is 3.35. The molecule has 1 aromatic heterocycles. The molecule has 1 N–H and O–H groups in total. The van der Waals surface area contributed by atoms with Gasteiger partial charge in [-0.2, -0.15) is 0 Å². The van der Waals surface area contributed by atoms with Crippen LogP contribution in [0.3, 0.4) is 0 Å². The summed E-state index contributed by atoms with van der Waals surface area (Å²) in [5.41, 5.74) is 1.52. The average molecular weight is 261 g/mol. The maximum absolute atomic E-state index is 3.63. The second kappa shape index (κ2) is 6.91. The molecule has 0 aliphatic carbocycles. The van der Waals surface area contributed by atoms with E-state index in [0.717, 1.165) is 6.54 Å². The lowest BCUT2D eigenvalue weighted by Gasteiger charge is -2.16. The van der Waals surface area contributed by atoms with Crippen molar-refractivity contribution in [3.05, 3.63) is 35.2 Å². The smallest absolute Gasteiger partial charge is 0.0345 e. The zero-order valence-electron chi connectivity index (χ0n) is 11.4. The maximum Gasteiger partial charge on any atom is 0.0345 e. The fourth-order valence-electron chi connectivity index (χ4n) is 2.36. The van der Waals surface area contributed by atoms with Crippen molar-refractivity contribution in [2.75, 3.05) is 6.54 Å². The summed E-state index contributed by atoms with van der Waals surface area (Å²) >= 11 is 1.87. The first-order chi connectivity index (χ1) is 8.85. The first kappa shape index (κ1) is 13.6. The first-order valence-corrected chi connectivity index (χ1v) is 7.91. The molecule has 2 aromatic rings. The van der Waals surface area contributed by atoms with Crippen LogP contribution in [0.4, 0.5) is 0 Å². The quantitative estimate of drug-likeness (QED) is 0.767. The summed E-state index contributed by atoms with van der Waals surface area (Å²) in [6, 6.07) is 9.41. The Morgan fingerprint density at radius 3 is 2.83 bits per heavy atom. The van der Waals surface area contributed by atoms with Crippen LogP contribution in [-0.4, -0.2) is 12.6 Å². The van der Waals surface area contributed by atoms with Gasteiger partial charge in [0.25, 0.3) is 0 Å². The van der Waals surface area contributed by atoms with Crippen molar-refractivity contribution in [2.45, 2.75) is 45.6 Å². The third-order valence-electron chi connectivity index (χ3n) is 3.50. The van der Waals surface area contributed by atoms with Crippen LogP contribution >= 0.6 is 11.3 Å². The molecule has 0 spiro atoms. The van der Waals surface area contributed by atoms with Crippen molar-refractivity contribution < 1.29 is 0 Å². The standard InChI is InChI=1S/C16H23NS/c1-3-11-17-14(4-2)10-9-13-12-18-16-8-6-5-7-15(13)16/h5-8,12,14,17H,3-4,9-11H2,1-2H3. The number of hydrogen-bond donors (Lipinski definition) is 1. The van der Waals surface area contributed by atoms with Crippen molar-refractivity contribution in [1.29, 1.82) is 0 Å². The van der Waals surface area contributed by atoms with Crippen LogP contribution in [0.25, 0.3) is 10.1 Å². The molecular weight excluding hydrogens is 238 g/mol. The molecule has 0 radical (unpaired) electrons. The van der Waals surface area contributed by atoms with Gasteiger partial charge in [-0.3, -0.25) is 0 Å². The summed E-state index contributed by atoms with van der Waals surface area (Å²) in [6.45, 7) is 5.65. The molecule has 0 amide bonds. The van der Waals surface area contributed by atoms with E-state index in [-0.39, 0.29) is 0 Å². The molecule has 0 saturated heterocycles. The highest BCUT2D eigenvalue weighted by atomic mass is 32.1. The molecule has 0 aliphatic rings. The number of hydrogen-bond acceptors (Lipinski definition) is 2. The summed E-state index contributed by atoms with van der Waals surface area (Å²) in [6.07, 6.45) is 4.89. The second-order valence-corrected chi connectivity index (χ2v) is 5.77. The molecule has 0 bridgehead atoms. The van der Waals surface area contributed by atoms with Gasteiger partial charge in [0.05, 0.1) is 0 Å². The molecule has 1 heterocycles. The molecule has 1 atom stereocenters. The zero-order valence-corrected chi connectivity index (χ0v) is 12.2. The molecular formula is C16H23NS. The van der Waals surface area contributed by atoms with Crippen LogP contribution in [0.15, 0.2) is 29.6 Å². The number of nitrogens with one attached hydrogen (secondary N) is 1. The lowest BCUT2D eigenvalue weighted by molar-refractivity contribution is 0.469. The Hall–Kier alpha value is -0.860. The van der Waals surface area contributed by atoms with E-state index in [4.69, 9.17) is 0 Å². The highest BCUT2D eigenvalue weighted by Crippen LogP contribution is 2.26. The lowest BCUT2D eigenvalue weighted by atomic mass is 10.0. The predicted molar refractivity (Wildman–Crippen MR) is 82.5 cm³/mol. The van der Waals surface area contributed by atoms with Gasteiger partial charge in [-0.15, -0.1) is 11.3 Å². The van der Waals surface area contributed by atoms with Crippen LogP contribution in [0.5, 0.6) is 0 Å². The summed E-state index contributed by atoms with van der Waals surface area (Å²) in [5, 5.41) is 7.42. The number of aryl methyl sites for hydroxylation is 1. The van der Waals surface area contributed by atoms with E-state index in [1.807, 2.05) is 11.3 Å². The van der Waals surface area contributed by atoms with E-state index >= 15 is 0 Å². The molecule has 2 heteroatoms. The Morgan fingerprint density at radius 1 is 1.22 bits per heavy atom. The van der Waals surface area contributed by atoms with E-state index in [2.05, 4.69) is 48.8 Å². The number of rotatable bonds is 7. The monoisotopic (exact) mass is 261 g/mol. The average Bonchev–Trinajstić information content (AvgIpc) is 2.82. The van der Waals surface area contributed by atoms with Crippen LogP contribution < -0.4 is 5.32 Å². The van der Waals surface area contributed by atoms with E-state index in [0.29, 0.717) is 6.04 Å². The molecule has 98 valence electrons. The van der Waals surface area contributed by atoms with Gasteiger partial charge in [0.15, 0.2) is 0 Å². The predicted octanol–water partition coefficient (Wildman–Crippen LogP) is 4.61. The van der Waals surface area contributed by atoms with E-state index in [1.54, 1.807) is 0 Å². The molecule has 0 aliphatic heterocycles. The minimum atomic E-state index is 0.670. The second-order valence-electron chi connectivity index (χ2n) is 4.86. The largest absolute Gasteiger partial charge is 0.314 e. The van der Waals surface area contributed by atoms with Gasteiger partial charge >= 0.3 is 0 Å². The Bertz CT molecular complexity index is 475. The van der Waals surface area contributed by atoms with Crippen LogP contribution in [0.2, 0.25) is 0 Å². The first-order valence-electron chi connectivity index (χ1n) is 7.03. The SMILES string of the molecule is CCCNC(CC)CCc1csc2ccccc12. The fraction of sp³-hybridized carbons (Fsp3) is 0.500. The van der Waals surface area contributed by atoms with E-state index < -0.39 is 0 Å². The molecule has 1 nitrogen and oxygen atoms in total. The third kappa shape index (κ3) is 3.33. The van der Waals surface area contributed by atoms with Gasteiger partial charge in [0, 0.05) is 10.7 Å². The van der Waals surface area contributed by atoms with E-state index in [9.17, 15) is 0 Å². The summed E-state index contributed by atoms with van der Waals surface area (Å²) in [5.74, 6) is 0. The maximum atomic E-state index is 3.63. The van der Waals surface area contributed by atoms with Crippen molar-refractivity contribution in [3.63, 3.8) is 0 Å². The Morgan fingerprint density at radius 2 is 2.06 bits per heavy atom. The van der Waals surface area contributed by atoms with Crippen LogP contribution in [0, 0.1) is 0 Å². The number of thiophene rings is 1. The molecule has 2 rings (SSSR count). The number of benzene rings is 1. The Labute approximate surface area is 114 Å². The molecule has 1 unspecified atom stereocenters. The molecule has 0 saturated carbocycles. The third-order valence-corrected chi connectivity index (χ3v) is 4.51. The van der Waals surface area contributed by atoms with Crippen molar-refractivity contribution in [3.8, 4) is 0 Å². The number of fused-ring (bicyclic) bond motifs is 1. The van der Waals surface area contributed by atoms with Crippen LogP contribution in [-0.2, 0) is 6.42 Å². The minimum absolute atomic E-state index is 0.670. The molecule has 1 aromatic carbocycles. The van der Waals surface area contributed by atoms with Gasteiger partial charge in [0.1, 0.15) is 0 Å². The highest BCUT2D eigenvalue weighted by molar-refractivity contribution is 7.17. The van der Waals surface area contributed by atoms with Crippen molar-refractivity contribution in [1.82, 2.24) is 5.32 Å². The summed E-state index contributed by atoms with van der Waals surface area (Å²) in [4.78, 5) is 0. The minimum Gasteiger partial charge on any atom is -0.314 e. The normalized spacial score (nSPS) is 13.0.